The predicted octanol–water partition coefficient (Wildman–Crippen LogP) is 5.20. The number of nitrogens with zero attached hydrogens (tertiary/aromatic N) is 4. The Morgan fingerprint density at radius 1 is 1.11 bits per heavy atom. The zero-order valence-corrected chi connectivity index (χ0v) is 21.1. The van der Waals surface area contributed by atoms with E-state index in [-0.39, 0.29) is 22.1 Å². The Morgan fingerprint density at radius 3 is 2.42 bits per heavy atom. The maximum atomic E-state index is 13.0. The molecule has 198 valence electrons. The summed E-state index contributed by atoms with van der Waals surface area (Å²) in [5.74, 6) is -0.304. The van der Waals surface area contributed by atoms with Gasteiger partial charge in [-0.1, -0.05) is 23.7 Å². The quantitative estimate of drug-likeness (QED) is 0.240. The van der Waals surface area contributed by atoms with Gasteiger partial charge >= 0.3 is 12.2 Å². The molecule has 0 radical (unpaired) electrons. The summed E-state index contributed by atoms with van der Waals surface area (Å²) in [4.78, 5) is 20.7. The number of hydrogen-bond donors (Lipinski definition) is 3. The fourth-order valence-corrected chi connectivity index (χ4v) is 3.82. The standard InChI is InChI=1S/C25H23ClF3N7O2/c1-24(2,3)35-22(37)16-11-36-20(21(30)31-12-32-36)19(16)13-4-7-15(8-5-13)33-23(38)34-18-10-14(25(27,28)29)6-9-17(18)26/h4-12H,1-3H3,(H,35,37)(H2,30,31,32)(H2,33,34,38)/p-1. The van der Waals surface area contributed by atoms with Crippen LogP contribution in [0.3, 0.4) is 0 Å². The Morgan fingerprint density at radius 2 is 1.79 bits per heavy atom. The number of anilines is 3. The summed E-state index contributed by atoms with van der Waals surface area (Å²) in [6, 6.07) is 8.22. The number of urea groups is 1. The van der Waals surface area contributed by atoms with Gasteiger partial charge in [0.15, 0.2) is 5.82 Å². The largest absolute Gasteiger partial charge is 0.858 e. The number of halogens is 4. The maximum Gasteiger partial charge on any atom is 0.416 e. The molecule has 4 rings (SSSR count). The third-order valence-electron chi connectivity index (χ3n) is 5.24. The van der Waals surface area contributed by atoms with Crippen molar-refractivity contribution in [3.8, 4) is 11.1 Å². The number of carbonyl (C=O) groups excluding carboxylic acids is 1. The van der Waals surface area contributed by atoms with E-state index in [1.165, 1.54) is 17.0 Å². The molecule has 2 aromatic carbocycles. The molecular formula is C25H22ClF3N7O2-. The lowest BCUT2D eigenvalue weighted by molar-refractivity contribution is -0.213. The second-order valence-corrected chi connectivity index (χ2v) is 9.70. The van der Waals surface area contributed by atoms with Gasteiger partial charge in [0.1, 0.15) is 11.8 Å². The first-order chi connectivity index (χ1) is 17.7. The normalized spacial score (nSPS) is 12.6. The second kappa shape index (κ2) is 9.86. The van der Waals surface area contributed by atoms with Crippen molar-refractivity contribution < 1.29 is 23.1 Å². The Balaban J connectivity index is 1.63. The lowest BCUT2D eigenvalue weighted by Crippen LogP contribution is -2.25. The predicted molar refractivity (Wildman–Crippen MR) is 138 cm³/mol. The van der Waals surface area contributed by atoms with Gasteiger partial charge in [0, 0.05) is 23.0 Å². The third kappa shape index (κ3) is 5.80. The van der Waals surface area contributed by atoms with E-state index in [1.54, 1.807) is 45.0 Å². The van der Waals surface area contributed by atoms with Gasteiger partial charge in [0.05, 0.1) is 21.8 Å². The molecule has 0 atom stereocenters. The monoisotopic (exact) mass is 544 g/mol. The Kier molecular flexibility index (Phi) is 6.94. The smallest absolute Gasteiger partial charge is 0.416 e. The van der Waals surface area contributed by atoms with E-state index in [1.807, 2.05) is 0 Å². The fraction of sp³-hybridized carbons (Fsp3) is 0.200. The highest BCUT2D eigenvalue weighted by molar-refractivity contribution is 6.33. The number of amides is 2. The average Bonchev–Trinajstić information content (AvgIpc) is 3.20. The molecule has 38 heavy (non-hydrogen) atoms. The first-order valence-corrected chi connectivity index (χ1v) is 11.5. The van der Waals surface area contributed by atoms with Gasteiger partial charge in [0.2, 0.25) is 0 Å². The van der Waals surface area contributed by atoms with Gasteiger partial charge in [0.25, 0.3) is 0 Å². The molecule has 0 aliphatic rings. The number of aromatic nitrogens is 3. The lowest BCUT2D eigenvalue weighted by Gasteiger charge is -2.20. The SMILES string of the molecule is CC(C)(C)N=C([O-])c1cn2ncnc(N)c2c1-c1ccc(NC(=O)Nc2cc(C(F)(F)F)ccc2Cl)cc1. The first-order valence-electron chi connectivity index (χ1n) is 11.2. The van der Waals surface area contributed by atoms with Crippen molar-refractivity contribution in [2.45, 2.75) is 32.5 Å². The highest BCUT2D eigenvalue weighted by Crippen LogP contribution is 2.35. The molecule has 0 aliphatic heterocycles. The zero-order valence-electron chi connectivity index (χ0n) is 20.4. The van der Waals surface area contributed by atoms with Crippen LogP contribution < -0.4 is 21.5 Å². The van der Waals surface area contributed by atoms with E-state index in [2.05, 4.69) is 25.7 Å². The van der Waals surface area contributed by atoms with Crippen LogP contribution >= 0.6 is 11.6 Å². The number of nitrogen functional groups attached to an aromatic ring is 1. The van der Waals surface area contributed by atoms with Crippen LogP contribution in [0.2, 0.25) is 5.02 Å². The molecule has 13 heteroatoms. The molecule has 2 aromatic heterocycles. The van der Waals surface area contributed by atoms with Crippen LogP contribution in [-0.4, -0.2) is 32.1 Å². The van der Waals surface area contributed by atoms with Crippen molar-refractivity contribution in [2.24, 2.45) is 4.99 Å². The molecule has 4 aromatic rings. The highest BCUT2D eigenvalue weighted by Gasteiger charge is 2.31. The van der Waals surface area contributed by atoms with Crippen LogP contribution in [0.15, 0.2) is 60.0 Å². The van der Waals surface area contributed by atoms with Crippen LogP contribution in [0.1, 0.15) is 31.9 Å². The molecule has 0 fully saturated rings. The number of fused-ring (bicyclic) bond motifs is 1. The summed E-state index contributed by atoms with van der Waals surface area (Å²) in [5.41, 5.74) is 6.38. The van der Waals surface area contributed by atoms with Gasteiger partial charge in [-0.25, -0.2) is 14.3 Å². The van der Waals surface area contributed by atoms with Gasteiger partial charge in [-0.15, -0.1) is 0 Å². The van der Waals surface area contributed by atoms with E-state index < -0.39 is 29.2 Å². The van der Waals surface area contributed by atoms with Crippen molar-refractivity contribution >= 4 is 46.2 Å². The van der Waals surface area contributed by atoms with E-state index in [0.29, 0.717) is 22.3 Å². The summed E-state index contributed by atoms with van der Waals surface area (Å²) in [7, 11) is 0. The van der Waals surface area contributed by atoms with Crippen LogP contribution in [0.4, 0.5) is 35.2 Å². The van der Waals surface area contributed by atoms with Gasteiger partial charge in [-0.2, -0.15) is 18.3 Å². The number of aliphatic imine (C=N–C) groups is 1. The molecule has 0 aliphatic carbocycles. The summed E-state index contributed by atoms with van der Waals surface area (Å²) >= 11 is 5.94. The highest BCUT2D eigenvalue weighted by atomic mass is 35.5. The van der Waals surface area contributed by atoms with Crippen molar-refractivity contribution in [1.82, 2.24) is 14.6 Å². The number of benzene rings is 2. The first kappa shape index (κ1) is 26.7. The molecule has 0 unspecified atom stereocenters. The Hall–Kier alpha value is -4.32. The minimum absolute atomic E-state index is 0.0539. The topological polar surface area (TPSA) is 133 Å². The van der Waals surface area contributed by atoms with Gasteiger partial charge in [-0.05, 0) is 62.6 Å². The van der Waals surface area contributed by atoms with Crippen molar-refractivity contribution in [3.05, 3.63) is 71.1 Å². The molecular weight excluding hydrogens is 523 g/mol. The number of hydrogen-bond acceptors (Lipinski definition) is 6. The van der Waals surface area contributed by atoms with Crippen LogP contribution in [0.25, 0.3) is 16.6 Å². The molecule has 4 N–H and O–H groups in total. The number of nitrogens with one attached hydrogen (secondary N) is 2. The van der Waals surface area contributed by atoms with E-state index in [9.17, 15) is 23.1 Å². The minimum Gasteiger partial charge on any atom is -0.858 e. The molecule has 2 heterocycles. The van der Waals surface area contributed by atoms with Crippen LogP contribution in [0, 0.1) is 0 Å². The van der Waals surface area contributed by atoms with Crippen molar-refractivity contribution in [2.75, 3.05) is 16.4 Å². The van der Waals surface area contributed by atoms with E-state index in [0.717, 1.165) is 18.2 Å². The zero-order chi connectivity index (χ0) is 27.8. The third-order valence-corrected chi connectivity index (χ3v) is 5.57. The maximum absolute atomic E-state index is 13.0. The average molecular weight is 545 g/mol. The summed E-state index contributed by atoms with van der Waals surface area (Å²) in [6.45, 7) is 5.39. The summed E-state index contributed by atoms with van der Waals surface area (Å²) in [6.07, 6.45) is -1.80. The minimum atomic E-state index is -4.59. The molecule has 0 bridgehead atoms. The number of rotatable bonds is 4. The Labute approximate surface area is 220 Å². The lowest BCUT2D eigenvalue weighted by atomic mass is 10.0. The molecule has 0 saturated carbocycles. The second-order valence-electron chi connectivity index (χ2n) is 9.29. The molecule has 0 spiro atoms. The number of carbonyl (C=O) groups is 1. The molecule has 2 amide bonds. The van der Waals surface area contributed by atoms with Gasteiger partial charge in [-0.3, -0.25) is 4.99 Å². The van der Waals surface area contributed by atoms with Crippen LogP contribution in [-0.2, 0) is 6.18 Å². The molecule has 0 saturated heterocycles. The molecule has 9 nitrogen and oxygen atoms in total. The van der Waals surface area contributed by atoms with E-state index in [4.69, 9.17) is 17.3 Å². The Bertz CT molecular complexity index is 1540. The van der Waals surface area contributed by atoms with E-state index >= 15 is 0 Å². The van der Waals surface area contributed by atoms with Crippen molar-refractivity contribution in [3.63, 3.8) is 0 Å². The van der Waals surface area contributed by atoms with Crippen LogP contribution in [0.5, 0.6) is 0 Å². The summed E-state index contributed by atoms with van der Waals surface area (Å²) in [5, 5.41) is 22.0. The van der Waals surface area contributed by atoms with Crippen molar-refractivity contribution in [1.29, 1.82) is 0 Å². The number of nitrogens with two attached hydrogens (primary N) is 1. The number of alkyl halides is 3. The summed E-state index contributed by atoms with van der Waals surface area (Å²) < 4.78 is 40.5. The van der Waals surface area contributed by atoms with Gasteiger partial charge < -0.3 is 21.5 Å². The fourth-order valence-electron chi connectivity index (χ4n) is 3.66.